The molecule has 156 valence electrons. The minimum atomic E-state index is -0.0341. The Bertz CT molecular complexity index is 1430. The first-order chi connectivity index (χ1) is 15.2. The molecule has 5 rings (SSSR count). The van der Waals surface area contributed by atoms with E-state index in [1.165, 1.54) is 17.3 Å². The topological polar surface area (TPSA) is 78.2 Å². The first kappa shape index (κ1) is 19.6. The lowest BCUT2D eigenvalue weighted by molar-refractivity contribution is 0.573. The number of thioether (sulfide) groups is 1. The van der Waals surface area contributed by atoms with Gasteiger partial charge in [0.05, 0.1) is 16.6 Å². The third-order valence-corrected chi connectivity index (χ3v) is 6.09. The Kier molecular flexibility index (Phi) is 5.07. The quantitative estimate of drug-likeness (QED) is 0.362. The second kappa shape index (κ2) is 8.03. The van der Waals surface area contributed by atoms with Crippen molar-refractivity contribution in [1.29, 1.82) is 0 Å². The second-order valence-corrected chi connectivity index (χ2v) is 8.33. The molecule has 0 saturated carbocycles. The van der Waals surface area contributed by atoms with Gasteiger partial charge in [-0.25, -0.2) is 4.98 Å². The molecule has 0 aliphatic carbocycles. The van der Waals surface area contributed by atoms with Gasteiger partial charge in [-0.1, -0.05) is 48.5 Å². The molecule has 0 radical (unpaired) electrons. The first-order valence-corrected chi connectivity index (χ1v) is 11.1. The number of hydrogen-bond donors (Lipinski definition) is 0. The average Bonchev–Trinajstić information content (AvgIpc) is 3.43. The molecule has 3 aromatic heterocycles. The molecule has 31 heavy (non-hydrogen) atoms. The average molecular weight is 432 g/mol. The monoisotopic (exact) mass is 431 g/mol. The van der Waals surface area contributed by atoms with Gasteiger partial charge in [-0.15, -0.1) is 10.2 Å². The summed E-state index contributed by atoms with van der Waals surface area (Å²) in [5.41, 5.74) is 3.74. The molecular weight excluding hydrogens is 410 g/mol. The van der Waals surface area contributed by atoms with Crippen LogP contribution in [0.5, 0.6) is 0 Å². The summed E-state index contributed by atoms with van der Waals surface area (Å²) in [6.45, 7) is 4.69. The van der Waals surface area contributed by atoms with Gasteiger partial charge in [0, 0.05) is 17.9 Å². The van der Waals surface area contributed by atoms with E-state index in [-0.39, 0.29) is 5.56 Å². The van der Waals surface area contributed by atoms with Crippen LogP contribution in [0.15, 0.2) is 69.2 Å². The van der Waals surface area contributed by atoms with Crippen LogP contribution in [0, 0.1) is 6.92 Å². The Labute approximate surface area is 182 Å². The molecule has 0 amide bonds. The van der Waals surface area contributed by atoms with E-state index in [0.29, 0.717) is 29.4 Å². The number of aromatic nitrogens is 5. The molecule has 0 atom stereocenters. The summed E-state index contributed by atoms with van der Waals surface area (Å²) in [4.78, 5) is 17.5. The highest BCUT2D eigenvalue weighted by Crippen LogP contribution is 2.26. The smallest absolute Gasteiger partial charge is 0.262 e. The molecule has 3 heterocycles. The van der Waals surface area contributed by atoms with Gasteiger partial charge in [0.1, 0.15) is 6.26 Å². The molecule has 0 bridgehead atoms. The maximum atomic E-state index is 12.9. The van der Waals surface area contributed by atoms with Gasteiger partial charge in [-0.2, -0.15) is 0 Å². The van der Waals surface area contributed by atoms with Gasteiger partial charge in [0.15, 0.2) is 5.16 Å². The summed E-state index contributed by atoms with van der Waals surface area (Å²) in [7, 11) is 0. The zero-order chi connectivity index (χ0) is 21.4. The van der Waals surface area contributed by atoms with Gasteiger partial charge in [0.25, 0.3) is 5.56 Å². The van der Waals surface area contributed by atoms with Crippen molar-refractivity contribution < 1.29 is 4.42 Å². The maximum absolute atomic E-state index is 12.9. The normalized spacial score (nSPS) is 11.5. The van der Waals surface area contributed by atoms with E-state index >= 15 is 0 Å². The molecule has 8 heteroatoms. The van der Waals surface area contributed by atoms with Gasteiger partial charge < -0.3 is 4.42 Å². The number of para-hydroxylation sites is 1. The molecule has 0 aliphatic heterocycles. The van der Waals surface area contributed by atoms with E-state index in [4.69, 9.17) is 4.42 Å². The summed E-state index contributed by atoms with van der Waals surface area (Å²) < 4.78 is 9.33. The number of nitrogens with zero attached hydrogens (tertiary/aromatic N) is 5. The Morgan fingerprint density at radius 3 is 2.68 bits per heavy atom. The van der Waals surface area contributed by atoms with Crippen molar-refractivity contribution in [2.75, 3.05) is 0 Å². The molecule has 2 aromatic carbocycles. The molecule has 0 unspecified atom stereocenters. The summed E-state index contributed by atoms with van der Waals surface area (Å²) in [5, 5.41) is 10.1. The third-order valence-electron chi connectivity index (χ3n) is 5.12. The molecule has 0 fully saturated rings. The lowest BCUT2D eigenvalue weighted by Gasteiger charge is -2.10. The van der Waals surface area contributed by atoms with Gasteiger partial charge in [-0.3, -0.25) is 13.8 Å². The lowest BCUT2D eigenvalue weighted by Crippen LogP contribution is -2.23. The highest BCUT2D eigenvalue weighted by molar-refractivity contribution is 7.98. The van der Waals surface area contributed by atoms with E-state index in [1.807, 2.05) is 66.8 Å². The summed E-state index contributed by atoms with van der Waals surface area (Å²) >= 11 is 1.52. The van der Waals surface area contributed by atoms with Crippen LogP contribution in [-0.4, -0.2) is 24.1 Å². The van der Waals surface area contributed by atoms with Crippen molar-refractivity contribution in [2.45, 2.75) is 37.7 Å². The number of rotatable bonds is 6. The van der Waals surface area contributed by atoms with Crippen molar-refractivity contribution in [1.82, 2.24) is 24.1 Å². The molecule has 0 aliphatic rings. The van der Waals surface area contributed by atoms with E-state index in [1.54, 1.807) is 10.8 Å². The summed E-state index contributed by atoms with van der Waals surface area (Å²) in [6.07, 6.45) is 2.51. The Balaban J connectivity index is 1.49. The minimum absolute atomic E-state index is 0.0341. The second-order valence-electron chi connectivity index (χ2n) is 7.39. The van der Waals surface area contributed by atoms with Crippen LogP contribution in [0.3, 0.4) is 0 Å². The number of aryl methyl sites for hydroxylation is 2. The zero-order valence-electron chi connectivity index (χ0n) is 17.3. The van der Waals surface area contributed by atoms with Crippen molar-refractivity contribution in [3.8, 4) is 11.5 Å². The zero-order valence-corrected chi connectivity index (χ0v) is 18.1. The molecule has 0 spiro atoms. The van der Waals surface area contributed by atoms with Crippen LogP contribution < -0.4 is 5.56 Å². The molecular formula is C23H21N5O2S. The Morgan fingerprint density at radius 2 is 1.87 bits per heavy atom. The fraction of sp³-hybridized carbons (Fsp3) is 0.217. The third kappa shape index (κ3) is 3.53. The van der Waals surface area contributed by atoms with E-state index in [2.05, 4.69) is 15.2 Å². The highest BCUT2D eigenvalue weighted by Gasteiger charge is 2.17. The Morgan fingerprint density at radius 1 is 1.06 bits per heavy atom. The number of fused-ring (bicyclic) bond motifs is 3. The fourth-order valence-corrected chi connectivity index (χ4v) is 4.41. The lowest BCUT2D eigenvalue weighted by atomic mass is 10.1. The van der Waals surface area contributed by atoms with Crippen molar-refractivity contribution in [3.63, 3.8) is 0 Å². The molecule has 0 N–H and O–H groups in total. The van der Waals surface area contributed by atoms with Crippen molar-refractivity contribution in [3.05, 3.63) is 76.4 Å². The molecule has 0 saturated heterocycles. The maximum Gasteiger partial charge on any atom is 0.262 e. The number of benzene rings is 2. The standard InChI is InChI=1S/C23H21N5O2S/c1-3-12-27-21(29)18-6-4-5-7-19(18)28-22(27)25-26-23(28)31-14-17-13-30-20(24-17)16-10-8-15(2)9-11-16/h4-11,13H,3,12,14H2,1-2H3. The minimum Gasteiger partial charge on any atom is -0.444 e. The largest absolute Gasteiger partial charge is 0.444 e. The van der Waals surface area contributed by atoms with Crippen LogP contribution in [0.25, 0.3) is 28.1 Å². The first-order valence-electron chi connectivity index (χ1n) is 10.2. The van der Waals surface area contributed by atoms with Crippen LogP contribution in [0.4, 0.5) is 0 Å². The van der Waals surface area contributed by atoms with Crippen molar-refractivity contribution >= 4 is 28.4 Å². The number of oxazole rings is 1. The molecule has 5 aromatic rings. The number of hydrogen-bond acceptors (Lipinski definition) is 6. The summed E-state index contributed by atoms with van der Waals surface area (Å²) in [5.74, 6) is 1.75. The summed E-state index contributed by atoms with van der Waals surface area (Å²) in [6, 6.07) is 15.7. The van der Waals surface area contributed by atoms with Crippen molar-refractivity contribution in [2.24, 2.45) is 0 Å². The van der Waals surface area contributed by atoms with Crippen LogP contribution in [0.1, 0.15) is 24.6 Å². The van der Waals surface area contributed by atoms with Gasteiger partial charge in [-0.05, 0) is 37.6 Å². The predicted molar refractivity (Wildman–Crippen MR) is 121 cm³/mol. The Hall–Kier alpha value is -3.39. The van der Waals surface area contributed by atoms with Crippen LogP contribution in [0.2, 0.25) is 0 Å². The van der Waals surface area contributed by atoms with Crippen LogP contribution >= 0.6 is 11.8 Å². The van der Waals surface area contributed by atoms with E-state index < -0.39 is 0 Å². The van der Waals surface area contributed by atoms with Crippen LogP contribution in [-0.2, 0) is 12.3 Å². The molecule has 7 nitrogen and oxygen atoms in total. The fourth-order valence-electron chi connectivity index (χ4n) is 3.59. The predicted octanol–water partition coefficient (Wildman–Crippen LogP) is 4.71. The van der Waals surface area contributed by atoms with E-state index in [0.717, 1.165) is 28.4 Å². The SMILES string of the molecule is CCCn1c(=O)c2ccccc2n2c(SCc3coc(-c4ccc(C)cc4)n3)nnc12. The van der Waals surface area contributed by atoms with Gasteiger partial charge in [0.2, 0.25) is 11.7 Å². The highest BCUT2D eigenvalue weighted by atomic mass is 32.2. The van der Waals surface area contributed by atoms with E-state index in [9.17, 15) is 4.79 Å². The van der Waals surface area contributed by atoms with Gasteiger partial charge >= 0.3 is 0 Å².